The van der Waals surface area contributed by atoms with Crippen molar-refractivity contribution in [2.45, 2.75) is 52.2 Å². The summed E-state index contributed by atoms with van der Waals surface area (Å²) in [4.78, 5) is 0. The molecule has 0 saturated heterocycles. The fraction of sp³-hybridized carbons (Fsp3) is 0.579. The Balaban J connectivity index is 1.54. The van der Waals surface area contributed by atoms with E-state index in [1.165, 1.54) is 6.42 Å². The fourth-order valence-electron chi connectivity index (χ4n) is 3.64. The Hall–Kier alpha value is -2.08. The van der Waals surface area contributed by atoms with Gasteiger partial charge in [0.15, 0.2) is 11.5 Å². The van der Waals surface area contributed by atoms with Gasteiger partial charge in [-0.15, -0.1) is 10.2 Å². The number of hydrogen-bond acceptors (Lipinski definition) is 5. The third-order valence-corrected chi connectivity index (χ3v) is 4.95. The summed E-state index contributed by atoms with van der Waals surface area (Å²) >= 11 is 0. The van der Waals surface area contributed by atoms with Crippen molar-refractivity contribution in [2.75, 3.05) is 13.2 Å². The predicted molar refractivity (Wildman–Crippen MR) is 94.8 cm³/mol. The fourth-order valence-corrected chi connectivity index (χ4v) is 3.64. The smallest absolute Gasteiger partial charge is 0.165 e. The highest BCUT2D eigenvalue weighted by Gasteiger charge is 2.26. The molecule has 0 saturated carbocycles. The van der Waals surface area contributed by atoms with Crippen molar-refractivity contribution in [1.29, 1.82) is 0 Å². The molecule has 25 heavy (non-hydrogen) atoms. The molecule has 134 valence electrons. The van der Waals surface area contributed by atoms with Gasteiger partial charge in [0.25, 0.3) is 0 Å². The predicted octanol–water partition coefficient (Wildman–Crippen LogP) is 2.87. The molecule has 2 aromatic rings. The zero-order valence-corrected chi connectivity index (χ0v) is 15.0. The van der Waals surface area contributed by atoms with E-state index in [4.69, 9.17) is 9.47 Å². The molecule has 0 spiro atoms. The SMILES string of the molecule is CC(C)[C@@H](NCc1cccc2c1OCCCO2)c1nnc2n1CCC2. The zero-order chi connectivity index (χ0) is 17.2. The average molecular weight is 342 g/mol. The number of fused-ring (bicyclic) bond motifs is 2. The highest BCUT2D eigenvalue weighted by molar-refractivity contribution is 5.47. The van der Waals surface area contributed by atoms with Gasteiger partial charge in [-0.05, 0) is 18.4 Å². The van der Waals surface area contributed by atoms with E-state index in [1.807, 2.05) is 12.1 Å². The van der Waals surface area contributed by atoms with Gasteiger partial charge in [0, 0.05) is 31.5 Å². The van der Waals surface area contributed by atoms with Crippen LogP contribution in [0.1, 0.15) is 49.9 Å². The van der Waals surface area contributed by atoms with E-state index in [0.29, 0.717) is 19.1 Å². The lowest BCUT2D eigenvalue weighted by molar-refractivity contribution is 0.295. The molecule has 4 rings (SSSR count). The van der Waals surface area contributed by atoms with Crippen LogP contribution < -0.4 is 14.8 Å². The largest absolute Gasteiger partial charge is 0.490 e. The maximum atomic E-state index is 5.94. The number of rotatable bonds is 5. The van der Waals surface area contributed by atoms with Crippen LogP contribution in [-0.4, -0.2) is 28.0 Å². The second kappa shape index (κ2) is 7.04. The molecule has 3 heterocycles. The van der Waals surface area contributed by atoms with Crippen LogP contribution in [0.3, 0.4) is 0 Å². The summed E-state index contributed by atoms with van der Waals surface area (Å²) in [6.07, 6.45) is 3.12. The van der Waals surface area contributed by atoms with Crippen molar-refractivity contribution in [3.8, 4) is 11.5 Å². The number of nitrogens with zero attached hydrogens (tertiary/aromatic N) is 3. The van der Waals surface area contributed by atoms with Gasteiger partial charge >= 0.3 is 0 Å². The zero-order valence-electron chi connectivity index (χ0n) is 15.0. The highest BCUT2D eigenvalue weighted by atomic mass is 16.5. The quantitative estimate of drug-likeness (QED) is 0.905. The van der Waals surface area contributed by atoms with Gasteiger partial charge in [-0.2, -0.15) is 0 Å². The number of nitrogens with one attached hydrogen (secondary N) is 1. The van der Waals surface area contributed by atoms with Gasteiger partial charge in [-0.25, -0.2) is 0 Å². The van der Waals surface area contributed by atoms with Crippen LogP contribution in [0.15, 0.2) is 18.2 Å². The molecular formula is C19H26N4O2. The summed E-state index contributed by atoms with van der Waals surface area (Å²) < 4.78 is 14.0. The van der Waals surface area contributed by atoms with Gasteiger partial charge < -0.3 is 19.4 Å². The third kappa shape index (κ3) is 3.23. The number of hydrogen-bond donors (Lipinski definition) is 1. The third-order valence-electron chi connectivity index (χ3n) is 4.95. The standard InChI is InChI=1S/C19H26N4O2/c1-13(2)17(19-22-21-16-8-4-9-23(16)19)20-12-14-6-3-7-15-18(14)25-11-5-10-24-15/h3,6-7,13,17,20H,4-5,8-12H2,1-2H3/t17-/m1/s1. The van der Waals surface area contributed by atoms with Crippen LogP contribution >= 0.6 is 0 Å². The Morgan fingerprint density at radius 3 is 2.92 bits per heavy atom. The van der Waals surface area contributed by atoms with Crippen LogP contribution in [0, 0.1) is 5.92 Å². The van der Waals surface area contributed by atoms with Crippen molar-refractivity contribution >= 4 is 0 Å². The minimum Gasteiger partial charge on any atom is -0.490 e. The second-order valence-corrected chi connectivity index (χ2v) is 7.13. The number of para-hydroxylation sites is 1. The summed E-state index contributed by atoms with van der Waals surface area (Å²) in [5, 5.41) is 12.5. The molecule has 0 fully saturated rings. The van der Waals surface area contributed by atoms with Crippen molar-refractivity contribution < 1.29 is 9.47 Å². The van der Waals surface area contributed by atoms with Crippen molar-refractivity contribution in [3.05, 3.63) is 35.4 Å². The molecule has 1 aromatic carbocycles. The summed E-state index contributed by atoms with van der Waals surface area (Å²) in [6.45, 7) is 7.61. The number of ether oxygens (including phenoxy) is 2. The van der Waals surface area contributed by atoms with E-state index >= 15 is 0 Å². The van der Waals surface area contributed by atoms with Crippen molar-refractivity contribution in [3.63, 3.8) is 0 Å². The molecule has 0 unspecified atom stereocenters. The second-order valence-electron chi connectivity index (χ2n) is 7.13. The van der Waals surface area contributed by atoms with Crippen molar-refractivity contribution in [2.24, 2.45) is 5.92 Å². The van der Waals surface area contributed by atoms with E-state index in [-0.39, 0.29) is 6.04 Å². The van der Waals surface area contributed by atoms with E-state index in [9.17, 15) is 0 Å². The van der Waals surface area contributed by atoms with Gasteiger partial charge in [0.2, 0.25) is 0 Å². The molecule has 1 N–H and O–H groups in total. The Kier molecular flexibility index (Phi) is 4.61. The maximum Gasteiger partial charge on any atom is 0.165 e. The Morgan fingerprint density at radius 2 is 2.04 bits per heavy atom. The van der Waals surface area contributed by atoms with Crippen LogP contribution in [0.5, 0.6) is 11.5 Å². The Bertz CT molecular complexity index is 741. The summed E-state index contributed by atoms with van der Waals surface area (Å²) in [5.74, 6) is 4.32. The van der Waals surface area contributed by atoms with Crippen LogP contribution in [-0.2, 0) is 19.5 Å². The van der Waals surface area contributed by atoms with Gasteiger partial charge in [-0.3, -0.25) is 0 Å². The first-order valence-corrected chi connectivity index (χ1v) is 9.27. The molecule has 6 nitrogen and oxygen atoms in total. The molecule has 2 aliphatic heterocycles. The first kappa shape index (κ1) is 16.4. The molecule has 0 aliphatic carbocycles. The first-order chi connectivity index (χ1) is 12.2. The van der Waals surface area contributed by atoms with Crippen LogP contribution in [0.4, 0.5) is 0 Å². The minimum atomic E-state index is 0.168. The van der Waals surface area contributed by atoms with Gasteiger partial charge in [-0.1, -0.05) is 26.0 Å². The molecule has 2 aliphatic rings. The highest BCUT2D eigenvalue weighted by Crippen LogP contribution is 2.34. The van der Waals surface area contributed by atoms with Crippen LogP contribution in [0.25, 0.3) is 0 Å². The minimum absolute atomic E-state index is 0.168. The van der Waals surface area contributed by atoms with E-state index in [2.05, 4.69) is 40.0 Å². The van der Waals surface area contributed by atoms with Gasteiger partial charge in [0.1, 0.15) is 11.6 Å². The Labute approximate surface area is 148 Å². The number of aromatic nitrogens is 3. The lowest BCUT2D eigenvalue weighted by atomic mass is 10.0. The first-order valence-electron chi connectivity index (χ1n) is 9.27. The summed E-state index contributed by atoms with van der Waals surface area (Å²) in [5.41, 5.74) is 1.13. The molecule has 1 aromatic heterocycles. The molecule has 1 atom stereocenters. The van der Waals surface area contributed by atoms with E-state index in [1.54, 1.807) is 0 Å². The number of aryl methyl sites for hydroxylation is 1. The molecule has 0 amide bonds. The van der Waals surface area contributed by atoms with E-state index < -0.39 is 0 Å². The molecule has 0 bridgehead atoms. The summed E-state index contributed by atoms with van der Waals surface area (Å²) in [7, 11) is 0. The van der Waals surface area contributed by atoms with Crippen LogP contribution in [0.2, 0.25) is 0 Å². The molecule has 6 heteroatoms. The van der Waals surface area contributed by atoms with Gasteiger partial charge in [0.05, 0.1) is 19.3 Å². The van der Waals surface area contributed by atoms with Crippen molar-refractivity contribution in [1.82, 2.24) is 20.1 Å². The normalized spacial score (nSPS) is 17.4. The number of benzene rings is 1. The monoisotopic (exact) mass is 342 g/mol. The molecule has 0 radical (unpaired) electrons. The molecular weight excluding hydrogens is 316 g/mol. The topological polar surface area (TPSA) is 61.2 Å². The van der Waals surface area contributed by atoms with E-state index in [0.717, 1.165) is 54.6 Å². The average Bonchev–Trinajstić information content (AvgIpc) is 3.12. The summed E-state index contributed by atoms with van der Waals surface area (Å²) in [6, 6.07) is 6.28. The Morgan fingerprint density at radius 1 is 1.16 bits per heavy atom. The lowest BCUT2D eigenvalue weighted by Gasteiger charge is -2.23. The lowest BCUT2D eigenvalue weighted by Crippen LogP contribution is -2.28. The maximum absolute atomic E-state index is 5.94.